The average Bonchev–Trinajstić information content (AvgIpc) is 2.46. The molecule has 0 unspecified atom stereocenters. The van der Waals surface area contributed by atoms with Crippen LogP contribution in [0.15, 0.2) is 23.1 Å². The fourth-order valence-corrected chi connectivity index (χ4v) is 3.33. The van der Waals surface area contributed by atoms with E-state index in [0.29, 0.717) is 18.8 Å². The highest BCUT2D eigenvalue weighted by Crippen LogP contribution is 2.27. The molecular formula is C14H24N2O3S. The second-order valence-electron chi connectivity index (χ2n) is 4.72. The standard InChI is InChI=1S/C14H24N2O3S/c1-4-5-6-9-16(2)20(17,18)14-10-12(11-15)7-8-13(14)19-3/h7-8,10H,4-6,9,11,15H2,1-3H3. The summed E-state index contributed by atoms with van der Waals surface area (Å²) >= 11 is 0. The quantitative estimate of drug-likeness (QED) is 0.745. The van der Waals surface area contributed by atoms with Gasteiger partial charge in [0.15, 0.2) is 0 Å². The summed E-state index contributed by atoms with van der Waals surface area (Å²) < 4.78 is 31.7. The van der Waals surface area contributed by atoms with E-state index >= 15 is 0 Å². The Labute approximate surface area is 121 Å². The summed E-state index contributed by atoms with van der Waals surface area (Å²) in [6, 6.07) is 5.01. The zero-order valence-electron chi connectivity index (χ0n) is 12.4. The minimum Gasteiger partial charge on any atom is -0.495 e. The summed E-state index contributed by atoms with van der Waals surface area (Å²) in [5, 5.41) is 0. The molecule has 1 aromatic rings. The molecule has 0 heterocycles. The van der Waals surface area contributed by atoms with E-state index in [1.807, 2.05) is 0 Å². The lowest BCUT2D eigenvalue weighted by atomic mass is 10.2. The second kappa shape index (κ2) is 7.61. The lowest BCUT2D eigenvalue weighted by Gasteiger charge is -2.19. The van der Waals surface area contributed by atoms with Crippen molar-refractivity contribution in [3.05, 3.63) is 23.8 Å². The van der Waals surface area contributed by atoms with Crippen LogP contribution in [0.25, 0.3) is 0 Å². The first-order chi connectivity index (χ1) is 9.47. The molecule has 0 spiro atoms. The Balaban J connectivity index is 3.06. The number of hydrogen-bond acceptors (Lipinski definition) is 4. The zero-order chi connectivity index (χ0) is 15.2. The molecule has 0 atom stereocenters. The van der Waals surface area contributed by atoms with Gasteiger partial charge < -0.3 is 10.5 Å². The van der Waals surface area contributed by atoms with Gasteiger partial charge in [-0.2, -0.15) is 0 Å². The number of methoxy groups -OCH3 is 1. The van der Waals surface area contributed by atoms with E-state index in [-0.39, 0.29) is 4.90 Å². The first kappa shape index (κ1) is 16.9. The summed E-state index contributed by atoms with van der Waals surface area (Å²) in [6.45, 7) is 2.89. The van der Waals surface area contributed by atoms with Crippen LogP contribution in [0.2, 0.25) is 0 Å². The number of nitrogens with two attached hydrogens (primary N) is 1. The molecule has 114 valence electrons. The van der Waals surface area contributed by atoms with Gasteiger partial charge in [0.05, 0.1) is 7.11 Å². The largest absolute Gasteiger partial charge is 0.495 e. The van der Waals surface area contributed by atoms with E-state index in [2.05, 4.69) is 6.92 Å². The molecule has 0 amide bonds. The Bertz CT molecular complexity index is 529. The molecule has 0 aromatic heterocycles. The van der Waals surface area contributed by atoms with Crippen molar-refractivity contribution >= 4 is 10.0 Å². The highest BCUT2D eigenvalue weighted by atomic mass is 32.2. The van der Waals surface area contributed by atoms with E-state index in [9.17, 15) is 8.42 Å². The van der Waals surface area contributed by atoms with Crippen molar-refractivity contribution in [1.82, 2.24) is 4.31 Å². The molecule has 20 heavy (non-hydrogen) atoms. The molecule has 0 saturated heterocycles. The molecule has 0 radical (unpaired) electrons. The van der Waals surface area contributed by atoms with E-state index in [1.54, 1.807) is 25.2 Å². The molecule has 0 aliphatic heterocycles. The van der Waals surface area contributed by atoms with Gasteiger partial charge in [-0.05, 0) is 24.1 Å². The monoisotopic (exact) mass is 300 g/mol. The van der Waals surface area contributed by atoms with Crippen molar-refractivity contribution in [3.8, 4) is 5.75 Å². The number of benzene rings is 1. The summed E-state index contributed by atoms with van der Waals surface area (Å²) in [4.78, 5) is 0.182. The number of unbranched alkanes of at least 4 members (excludes halogenated alkanes) is 2. The highest BCUT2D eigenvalue weighted by molar-refractivity contribution is 7.89. The predicted octanol–water partition coefficient (Wildman–Crippen LogP) is 1.96. The van der Waals surface area contributed by atoms with Gasteiger partial charge in [-0.15, -0.1) is 0 Å². The normalized spacial score (nSPS) is 11.8. The molecule has 2 N–H and O–H groups in total. The molecule has 0 aliphatic rings. The van der Waals surface area contributed by atoms with Gasteiger partial charge in [0, 0.05) is 20.1 Å². The van der Waals surface area contributed by atoms with Gasteiger partial charge >= 0.3 is 0 Å². The number of nitrogens with zero attached hydrogens (tertiary/aromatic N) is 1. The van der Waals surface area contributed by atoms with Crippen molar-refractivity contribution in [2.24, 2.45) is 5.73 Å². The summed E-state index contributed by atoms with van der Waals surface area (Å²) in [5.41, 5.74) is 6.35. The maximum absolute atomic E-state index is 12.6. The number of ether oxygens (including phenoxy) is 1. The fourth-order valence-electron chi connectivity index (χ4n) is 1.92. The van der Waals surface area contributed by atoms with Gasteiger partial charge in [0.25, 0.3) is 0 Å². The first-order valence-electron chi connectivity index (χ1n) is 6.80. The van der Waals surface area contributed by atoms with E-state index in [1.165, 1.54) is 11.4 Å². The van der Waals surface area contributed by atoms with Crippen LogP contribution >= 0.6 is 0 Å². The number of rotatable bonds is 8. The van der Waals surface area contributed by atoms with E-state index in [0.717, 1.165) is 24.8 Å². The maximum Gasteiger partial charge on any atom is 0.246 e. The van der Waals surface area contributed by atoms with Crippen molar-refractivity contribution in [2.75, 3.05) is 20.7 Å². The van der Waals surface area contributed by atoms with Crippen LogP contribution in [-0.4, -0.2) is 33.4 Å². The molecule has 6 heteroatoms. The Morgan fingerprint density at radius 3 is 2.55 bits per heavy atom. The molecule has 1 rings (SSSR count). The third-order valence-electron chi connectivity index (χ3n) is 3.23. The minimum absolute atomic E-state index is 0.182. The topological polar surface area (TPSA) is 72.6 Å². The Morgan fingerprint density at radius 2 is 2.00 bits per heavy atom. The zero-order valence-corrected chi connectivity index (χ0v) is 13.2. The lowest BCUT2D eigenvalue weighted by Crippen LogP contribution is -2.28. The van der Waals surface area contributed by atoms with Crippen LogP contribution in [0.5, 0.6) is 5.75 Å². The molecular weight excluding hydrogens is 276 g/mol. The summed E-state index contributed by atoms with van der Waals surface area (Å²) in [5.74, 6) is 0.351. The average molecular weight is 300 g/mol. The molecule has 0 fully saturated rings. The van der Waals surface area contributed by atoms with E-state index < -0.39 is 10.0 Å². The third-order valence-corrected chi connectivity index (χ3v) is 5.11. The van der Waals surface area contributed by atoms with Crippen molar-refractivity contribution < 1.29 is 13.2 Å². The summed E-state index contributed by atoms with van der Waals surface area (Å²) in [7, 11) is -0.479. The summed E-state index contributed by atoms with van der Waals surface area (Å²) in [6.07, 6.45) is 2.92. The molecule has 0 aliphatic carbocycles. The third kappa shape index (κ3) is 3.94. The van der Waals surface area contributed by atoms with E-state index in [4.69, 9.17) is 10.5 Å². The van der Waals surface area contributed by atoms with Crippen LogP contribution in [0.4, 0.5) is 0 Å². The van der Waals surface area contributed by atoms with Crippen LogP contribution in [-0.2, 0) is 16.6 Å². The van der Waals surface area contributed by atoms with Gasteiger partial charge in [0.1, 0.15) is 10.6 Å². The number of sulfonamides is 1. The van der Waals surface area contributed by atoms with Crippen LogP contribution in [0, 0.1) is 0 Å². The second-order valence-corrected chi connectivity index (χ2v) is 6.74. The van der Waals surface area contributed by atoms with Crippen molar-refractivity contribution in [1.29, 1.82) is 0 Å². The van der Waals surface area contributed by atoms with Crippen molar-refractivity contribution in [3.63, 3.8) is 0 Å². The molecule has 0 bridgehead atoms. The first-order valence-corrected chi connectivity index (χ1v) is 8.24. The predicted molar refractivity (Wildman–Crippen MR) is 80.2 cm³/mol. The number of hydrogen-bond donors (Lipinski definition) is 1. The van der Waals surface area contributed by atoms with Gasteiger partial charge in [-0.25, -0.2) is 12.7 Å². The Hall–Kier alpha value is -1.11. The van der Waals surface area contributed by atoms with Gasteiger partial charge in [-0.3, -0.25) is 0 Å². The minimum atomic E-state index is -3.54. The molecule has 1 aromatic carbocycles. The SMILES string of the molecule is CCCCCN(C)S(=O)(=O)c1cc(CN)ccc1OC. The Morgan fingerprint density at radius 1 is 1.30 bits per heavy atom. The fraction of sp³-hybridized carbons (Fsp3) is 0.571. The maximum atomic E-state index is 12.6. The highest BCUT2D eigenvalue weighted by Gasteiger charge is 2.24. The lowest BCUT2D eigenvalue weighted by molar-refractivity contribution is 0.397. The van der Waals surface area contributed by atoms with Crippen LogP contribution in [0.3, 0.4) is 0 Å². The molecule has 5 nitrogen and oxygen atoms in total. The van der Waals surface area contributed by atoms with Crippen LogP contribution in [0.1, 0.15) is 31.7 Å². The van der Waals surface area contributed by atoms with Gasteiger partial charge in [0.2, 0.25) is 10.0 Å². The molecule has 0 saturated carbocycles. The van der Waals surface area contributed by atoms with Gasteiger partial charge in [-0.1, -0.05) is 25.8 Å². The smallest absolute Gasteiger partial charge is 0.246 e. The van der Waals surface area contributed by atoms with Crippen LogP contribution < -0.4 is 10.5 Å². The Kier molecular flexibility index (Phi) is 6.45. The van der Waals surface area contributed by atoms with Crippen molar-refractivity contribution in [2.45, 2.75) is 37.6 Å².